The molecule has 0 saturated carbocycles. The Bertz CT molecular complexity index is 714. The highest BCUT2D eigenvalue weighted by Gasteiger charge is 2.36. The highest BCUT2D eigenvalue weighted by Crippen LogP contribution is 2.34. The van der Waals surface area contributed by atoms with E-state index in [4.69, 9.17) is 4.74 Å². The van der Waals surface area contributed by atoms with Gasteiger partial charge in [0.25, 0.3) is 0 Å². The second-order valence-corrected chi connectivity index (χ2v) is 5.95. The van der Waals surface area contributed by atoms with E-state index in [9.17, 15) is 18.0 Å². The van der Waals surface area contributed by atoms with Crippen LogP contribution in [0.5, 0.6) is 0 Å². The number of halogens is 3. The van der Waals surface area contributed by atoms with Gasteiger partial charge in [-0.05, 0) is 33.3 Å². The number of carbonyl (C=O) groups is 1. The molecule has 0 saturated heterocycles. The molecule has 0 unspecified atom stereocenters. The fraction of sp³-hybridized carbons (Fsp3) is 0.500. The Morgan fingerprint density at radius 2 is 1.91 bits per heavy atom. The molecule has 0 spiro atoms. The van der Waals surface area contributed by atoms with Gasteiger partial charge in [0.15, 0.2) is 5.69 Å². The second kappa shape index (κ2) is 5.26. The largest absolute Gasteiger partial charge is 0.459 e. The molecular weight excluding hydrogens is 299 g/mol. The van der Waals surface area contributed by atoms with Crippen LogP contribution in [0.25, 0.3) is 11.0 Å². The maximum Gasteiger partial charge on any atom is 0.434 e. The predicted octanol–water partition coefficient (Wildman–Crippen LogP) is 3.10. The Hall–Kier alpha value is -2.12. The number of hydrogen-bond acceptors (Lipinski definition) is 4. The van der Waals surface area contributed by atoms with Crippen LogP contribution in [0.4, 0.5) is 13.2 Å². The van der Waals surface area contributed by atoms with Gasteiger partial charge in [-0.1, -0.05) is 0 Å². The van der Waals surface area contributed by atoms with Gasteiger partial charge >= 0.3 is 12.1 Å². The van der Waals surface area contributed by atoms with Crippen LogP contribution < -0.4 is 0 Å². The van der Waals surface area contributed by atoms with E-state index in [1.54, 1.807) is 20.8 Å². The molecule has 0 aliphatic carbocycles. The summed E-state index contributed by atoms with van der Waals surface area (Å²) >= 11 is 0. The summed E-state index contributed by atoms with van der Waals surface area (Å²) in [4.78, 5) is 19.0. The van der Waals surface area contributed by atoms with Crippen LogP contribution in [0.3, 0.4) is 0 Å². The molecule has 5 nitrogen and oxygen atoms in total. The zero-order valence-electron chi connectivity index (χ0n) is 12.7. The topological polar surface area (TPSA) is 57.0 Å². The molecular formula is C14H16F3N3O2. The number of alkyl halides is 3. The first-order valence-electron chi connectivity index (χ1n) is 6.58. The second-order valence-electron chi connectivity index (χ2n) is 5.95. The van der Waals surface area contributed by atoms with Gasteiger partial charge in [0.05, 0.1) is 5.39 Å². The van der Waals surface area contributed by atoms with Crippen molar-refractivity contribution >= 4 is 17.0 Å². The highest BCUT2D eigenvalue weighted by atomic mass is 19.4. The molecule has 2 rings (SSSR count). The van der Waals surface area contributed by atoms with Crippen molar-refractivity contribution < 1.29 is 22.7 Å². The number of aromatic nitrogens is 3. The number of rotatable bonds is 2. The molecule has 0 radical (unpaired) electrons. The monoisotopic (exact) mass is 315 g/mol. The molecule has 0 N–H and O–H groups in total. The van der Waals surface area contributed by atoms with Crippen molar-refractivity contribution in [3.05, 3.63) is 23.8 Å². The minimum absolute atomic E-state index is 0.0608. The Morgan fingerprint density at radius 1 is 1.27 bits per heavy atom. The molecule has 120 valence electrons. The third-order valence-corrected chi connectivity index (χ3v) is 2.83. The molecule has 0 amide bonds. The van der Waals surface area contributed by atoms with Gasteiger partial charge in [0.2, 0.25) is 0 Å². The van der Waals surface area contributed by atoms with Crippen LogP contribution in [-0.2, 0) is 22.3 Å². The van der Waals surface area contributed by atoms with Crippen LogP contribution in [0.1, 0.15) is 32.0 Å². The van der Waals surface area contributed by atoms with Crippen LogP contribution >= 0.6 is 0 Å². The minimum Gasteiger partial charge on any atom is -0.459 e. The van der Waals surface area contributed by atoms with E-state index in [2.05, 4.69) is 9.97 Å². The average molecular weight is 315 g/mol. The predicted molar refractivity (Wildman–Crippen MR) is 73.1 cm³/mol. The fourth-order valence-electron chi connectivity index (χ4n) is 2.16. The molecule has 2 heterocycles. The summed E-state index contributed by atoms with van der Waals surface area (Å²) in [5.74, 6) is -0.545. The molecule has 2 aromatic rings. The molecule has 0 atom stereocenters. The zero-order chi connectivity index (χ0) is 16.7. The zero-order valence-corrected chi connectivity index (χ0v) is 12.7. The van der Waals surface area contributed by atoms with Crippen molar-refractivity contribution in [1.82, 2.24) is 14.5 Å². The van der Waals surface area contributed by atoms with E-state index in [-0.39, 0.29) is 17.6 Å². The van der Waals surface area contributed by atoms with E-state index in [0.29, 0.717) is 5.56 Å². The Labute approximate surface area is 125 Å². The Morgan fingerprint density at radius 3 is 2.45 bits per heavy atom. The lowest BCUT2D eigenvalue weighted by Gasteiger charge is -2.19. The van der Waals surface area contributed by atoms with Crippen molar-refractivity contribution in [2.75, 3.05) is 0 Å². The molecule has 0 bridgehead atoms. The van der Waals surface area contributed by atoms with E-state index in [1.807, 2.05) is 0 Å². The first-order chi connectivity index (χ1) is 9.99. The first-order valence-corrected chi connectivity index (χ1v) is 6.58. The average Bonchev–Trinajstić information content (AvgIpc) is 2.63. The van der Waals surface area contributed by atoms with Gasteiger partial charge < -0.3 is 9.30 Å². The fourth-order valence-corrected chi connectivity index (χ4v) is 2.16. The normalized spacial score (nSPS) is 12.7. The summed E-state index contributed by atoms with van der Waals surface area (Å²) in [6, 6.07) is 0. The maximum atomic E-state index is 13.0. The summed E-state index contributed by atoms with van der Waals surface area (Å²) in [5.41, 5.74) is -1.25. The van der Waals surface area contributed by atoms with E-state index >= 15 is 0 Å². The van der Waals surface area contributed by atoms with Crippen molar-refractivity contribution in [2.24, 2.45) is 0 Å². The number of esters is 1. The molecule has 0 aliphatic heterocycles. The maximum absolute atomic E-state index is 13.0. The van der Waals surface area contributed by atoms with Crippen molar-refractivity contribution in [3.63, 3.8) is 0 Å². The molecule has 8 heteroatoms. The van der Waals surface area contributed by atoms with Gasteiger partial charge in [-0.15, -0.1) is 0 Å². The molecule has 22 heavy (non-hydrogen) atoms. The van der Waals surface area contributed by atoms with Crippen LogP contribution in [0, 0.1) is 6.92 Å². The molecule has 2 aromatic heterocycles. The van der Waals surface area contributed by atoms with Crippen molar-refractivity contribution in [1.29, 1.82) is 0 Å². The minimum atomic E-state index is -4.58. The number of nitrogens with zero attached hydrogens (tertiary/aromatic N) is 3. The Kier molecular flexibility index (Phi) is 3.88. The standard InChI is InChI=1S/C14H16F3N3O2/c1-8-5-20(6-9(21)22-13(2,3)4)12-10(8)11(14(15,16)17)18-7-19-12/h5,7H,6H2,1-4H3. The lowest BCUT2D eigenvalue weighted by molar-refractivity contribution is -0.155. The lowest BCUT2D eigenvalue weighted by atomic mass is 10.2. The van der Waals surface area contributed by atoms with Crippen LogP contribution in [-0.4, -0.2) is 26.1 Å². The number of fused-ring (bicyclic) bond motifs is 1. The van der Waals surface area contributed by atoms with Crippen molar-refractivity contribution in [3.8, 4) is 0 Å². The van der Waals surface area contributed by atoms with Gasteiger partial charge in [-0.25, -0.2) is 9.97 Å². The third-order valence-electron chi connectivity index (χ3n) is 2.83. The number of aryl methyl sites for hydroxylation is 1. The SMILES string of the molecule is Cc1cn(CC(=O)OC(C)(C)C)c2ncnc(C(F)(F)F)c12. The van der Waals surface area contributed by atoms with Gasteiger partial charge in [-0.3, -0.25) is 4.79 Å². The lowest BCUT2D eigenvalue weighted by Crippen LogP contribution is -2.26. The number of hydrogen-bond donors (Lipinski definition) is 0. The van der Waals surface area contributed by atoms with Crippen molar-refractivity contribution in [2.45, 2.75) is 46.0 Å². The quantitative estimate of drug-likeness (QED) is 0.799. The van der Waals surface area contributed by atoms with Crippen LogP contribution in [0.15, 0.2) is 12.5 Å². The molecule has 0 aliphatic rings. The van der Waals surface area contributed by atoms with Gasteiger partial charge in [0.1, 0.15) is 24.1 Å². The smallest absolute Gasteiger partial charge is 0.434 e. The van der Waals surface area contributed by atoms with E-state index < -0.39 is 23.4 Å². The summed E-state index contributed by atoms with van der Waals surface area (Å²) in [6.07, 6.45) is -2.29. The molecule has 0 fully saturated rings. The van der Waals surface area contributed by atoms with Crippen LogP contribution in [0.2, 0.25) is 0 Å². The summed E-state index contributed by atoms with van der Waals surface area (Å²) in [5, 5.41) is -0.0986. The summed E-state index contributed by atoms with van der Waals surface area (Å²) in [7, 11) is 0. The number of ether oxygens (including phenoxy) is 1. The summed E-state index contributed by atoms with van der Waals surface area (Å²) in [6.45, 7) is 6.46. The van der Waals surface area contributed by atoms with Gasteiger partial charge in [0, 0.05) is 6.20 Å². The number of carbonyl (C=O) groups excluding carboxylic acids is 1. The van der Waals surface area contributed by atoms with E-state index in [0.717, 1.165) is 6.33 Å². The summed E-state index contributed by atoms with van der Waals surface area (Å²) < 4.78 is 45.5. The third kappa shape index (κ3) is 3.37. The Balaban J connectivity index is 2.44. The van der Waals surface area contributed by atoms with E-state index in [1.165, 1.54) is 17.7 Å². The first kappa shape index (κ1) is 16.3. The highest BCUT2D eigenvalue weighted by molar-refractivity contribution is 5.84. The van der Waals surface area contributed by atoms with Gasteiger partial charge in [-0.2, -0.15) is 13.2 Å². The molecule has 0 aromatic carbocycles.